The summed E-state index contributed by atoms with van der Waals surface area (Å²) in [6, 6.07) is 5.87. The Hall–Kier alpha value is -2.05. The van der Waals surface area contributed by atoms with Crippen LogP contribution in [0.5, 0.6) is 0 Å². The van der Waals surface area contributed by atoms with Crippen molar-refractivity contribution < 1.29 is 4.74 Å². The molecule has 0 aliphatic carbocycles. The maximum atomic E-state index is 5.34. The average Bonchev–Trinajstić information content (AvgIpc) is 2.81. The highest BCUT2D eigenvalue weighted by Crippen LogP contribution is 2.23. The van der Waals surface area contributed by atoms with E-state index >= 15 is 0 Å². The van der Waals surface area contributed by atoms with Crippen molar-refractivity contribution in [2.24, 2.45) is 0 Å². The van der Waals surface area contributed by atoms with E-state index in [1.165, 1.54) is 5.56 Å². The molecule has 0 bridgehead atoms. The summed E-state index contributed by atoms with van der Waals surface area (Å²) in [6.07, 6.45) is 5.30. The van der Waals surface area contributed by atoms with Crippen LogP contribution in [0.2, 0.25) is 0 Å². The summed E-state index contributed by atoms with van der Waals surface area (Å²) < 4.78 is 5.34. The predicted octanol–water partition coefficient (Wildman–Crippen LogP) is 1.36. The van der Waals surface area contributed by atoms with Crippen molar-refractivity contribution in [3.8, 4) is 0 Å². The molecule has 6 heteroatoms. The van der Waals surface area contributed by atoms with Crippen LogP contribution in [0.15, 0.2) is 30.7 Å². The van der Waals surface area contributed by atoms with Gasteiger partial charge in [-0.05, 0) is 25.1 Å². The van der Waals surface area contributed by atoms with Crippen LogP contribution < -0.4 is 10.6 Å². The van der Waals surface area contributed by atoms with Gasteiger partial charge in [0.2, 0.25) is 0 Å². The van der Waals surface area contributed by atoms with Crippen LogP contribution in [-0.4, -0.2) is 41.8 Å². The monoisotopic (exact) mass is 299 g/mol. The van der Waals surface area contributed by atoms with E-state index in [1.807, 2.05) is 18.2 Å². The molecule has 0 spiro atoms. The molecule has 2 aromatic rings. The summed E-state index contributed by atoms with van der Waals surface area (Å²) in [5, 5.41) is 6.88. The number of anilines is 1. The number of hydrogen-bond acceptors (Lipinski definition) is 6. The summed E-state index contributed by atoms with van der Waals surface area (Å²) in [6.45, 7) is 2.45. The Bertz CT molecular complexity index is 605. The van der Waals surface area contributed by atoms with Crippen molar-refractivity contribution in [1.29, 1.82) is 0 Å². The number of nitrogens with one attached hydrogen (secondary N) is 2. The zero-order valence-electron chi connectivity index (χ0n) is 12.7. The molecule has 6 nitrogen and oxygen atoms in total. The molecule has 0 amide bonds. The molecule has 2 N–H and O–H groups in total. The Morgan fingerprint density at radius 1 is 1.23 bits per heavy atom. The fraction of sp³-hybridized carbons (Fsp3) is 0.438. The van der Waals surface area contributed by atoms with Gasteiger partial charge in [0.05, 0.1) is 24.0 Å². The Morgan fingerprint density at radius 3 is 2.95 bits per heavy atom. The fourth-order valence-electron chi connectivity index (χ4n) is 2.71. The molecule has 22 heavy (non-hydrogen) atoms. The standard InChI is InChI=1S/C16H21N5O/c1-22-10-15(14-4-2-3-7-18-14)21-16-12-5-8-17-9-6-13(12)19-11-20-16/h2-4,7,11,15,17H,5-6,8-10H2,1H3,(H,19,20,21). The number of rotatable bonds is 5. The molecule has 1 aliphatic rings. The highest BCUT2D eigenvalue weighted by atomic mass is 16.5. The first kappa shape index (κ1) is 14.9. The lowest BCUT2D eigenvalue weighted by molar-refractivity contribution is 0.185. The zero-order valence-corrected chi connectivity index (χ0v) is 12.7. The first-order valence-corrected chi connectivity index (χ1v) is 7.58. The van der Waals surface area contributed by atoms with Crippen molar-refractivity contribution in [2.45, 2.75) is 18.9 Å². The molecule has 0 aromatic carbocycles. The van der Waals surface area contributed by atoms with Crippen molar-refractivity contribution >= 4 is 5.82 Å². The van der Waals surface area contributed by atoms with E-state index in [2.05, 4.69) is 25.6 Å². The molecule has 1 aliphatic heterocycles. The quantitative estimate of drug-likeness (QED) is 0.868. The van der Waals surface area contributed by atoms with Crippen LogP contribution in [-0.2, 0) is 17.6 Å². The number of hydrogen-bond donors (Lipinski definition) is 2. The lowest BCUT2D eigenvalue weighted by atomic mass is 10.1. The van der Waals surface area contributed by atoms with Gasteiger partial charge in [0.25, 0.3) is 0 Å². The van der Waals surface area contributed by atoms with E-state index in [0.717, 1.165) is 43.1 Å². The maximum absolute atomic E-state index is 5.34. The van der Waals surface area contributed by atoms with Crippen LogP contribution in [0.3, 0.4) is 0 Å². The van der Waals surface area contributed by atoms with Crippen molar-refractivity contribution in [3.63, 3.8) is 0 Å². The predicted molar refractivity (Wildman–Crippen MR) is 84.8 cm³/mol. The molecule has 1 unspecified atom stereocenters. The summed E-state index contributed by atoms with van der Waals surface area (Å²) in [5.74, 6) is 0.890. The molecule has 0 saturated heterocycles. The van der Waals surface area contributed by atoms with Gasteiger partial charge in [0.1, 0.15) is 12.1 Å². The van der Waals surface area contributed by atoms with Gasteiger partial charge in [-0.1, -0.05) is 6.07 Å². The van der Waals surface area contributed by atoms with Gasteiger partial charge >= 0.3 is 0 Å². The molecule has 0 saturated carbocycles. The molecule has 0 radical (unpaired) electrons. The zero-order chi connectivity index (χ0) is 15.2. The Morgan fingerprint density at radius 2 is 2.14 bits per heavy atom. The minimum Gasteiger partial charge on any atom is -0.382 e. The minimum atomic E-state index is -0.0265. The number of nitrogens with zero attached hydrogens (tertiary/aromatic N) is 3. The Balaban J connectivity index is 1.87. The Labute approximate surface area is 130 Å². The van der Waals surface area contributed by atoms with Crippen LogP contribution in [0.25, 0.3) is 0 Å². The van der Waals surface area contributed by atoms with Crippen LogP contribution in [0.1, 0.15) is 23.0 Å². The van der Waals surface area contributed by atoms with Gasteiger partial charge in [-0.3, -0.25) is 4.98 Å². The van der Waals surface area contributed by atoms with E-state index in [4.69, 9.17) is 4.74 Å². The lowest BCUT2D eigenvalue weighted by Gasteiger charge is -2.20. The smallest absolute Gasteiger partial charge is 0.133 e. The van der Waals surface area contributed by atoms with E-state index in [-0.39, 0.29) is 6.04 Å². The van der Waals surface area contributed by atoms with Gasteiger partial charge in [0.15, 0.2) is 0 Å². The largest absolute Gasteiger partial charge is 0.382 e. The normalized spacial score (nSPS) is 15.7. The van der Waals surface area contributed by atoms with Crippen LogP contribution in [0, 0.1) is 0 Å². The Kier molecular flexibility index (Phi) is 4.92. The lowest BCUT2D eigenvalue weighted by Crippen LogP contribution is -2.20. The number of fused-ring (bicyclic) bond motifs is 1. The molecule has 3 heterocycles. The van der Waals surface area contributed by atoms with Crippen molar-refractivity contribution in [3.05, 3.63) is 47.7 Å². The number of pyridine rings is 1. The maximum Gasteiger partial charge on any atom is 0.133 e. The SMILES string of the molecule is COCC(Nc1ncnc2c1CCNCC2)c1ccccn1. The van der Waals surface area contributed by atoms with E-state index in [0.29, 0.717) is 6.61 Å². The second kappa shape index (κ2) is 7.29. The molecule has 116 valence electrons. The third-order valence-electron chi connectivity index (χ3n) is 3.81. The topological polar surface area (TPSA) is 72.0 Å². The van der Waals surface area contributed by atoms with Gasteiger partial charge in [-0.15, -0.1) is 0 Å². The minimum absolute atomic E-state index is 0.0265. The number of aromatic nitrogens is 3. The molecule has 0 fully saturated rings. The molecule has 1 atom stereocenters. The summed E-state index contributed by atoms with van der Waals surface area (Å²) in [4.78, 5) is 13.3. The first-order chi connectivity index (χ1) is 10.9. The first-order valence-electron chi connectivity index (χ1n) is 7.58. The third-order valence-corrected chi connectivity index (χ3v) is 3.81. The highest BCUT2D eigenvalue weighted by Gasteiger charge is 2.18. The molecular weight excluding hydrogens is 278 g/mol. The molecular formula is C16H21N5O. The van der Waals surface area contributed by atoms with Crippen molar-refractivity contribution in [1.82, 2.24) is 20.3 Å². The van der Waals surface area contributed by atoms with Gasteiger partial charge in [0, 0.05) is 31.8 Å². The second-order valence-electron chi connectivity index (χ2n) is 5.30. The van der Waals surface area contributed by atoms with Crippen LogP contribution in [0.4, 0.5) is 5.82 Å². The van der Waals surface area contributed by atoms with Gasteiger partial charge in [-0.2, -0.15) is 0 Å². The number of ether oxygens (including phenoxy) is 1. The molecule has 3 rings (SSSR count). The highest BCUT2D eigenvalue weighted by molar-refractivity contribution is 5.48. The number of methoxy groups -OCH3 is 1. The summed E-state index contributed by atoms with van der Waals surface area (Å²) in [5.41, 5.74) is 3.27. The van der Waals surface area contributed by atoms with Crippen molar-refractivity contribution in [2.75, 3.05) is 32.1 Å². The van der Waals surface area contributed by atoms with Gasteiger partial charge in [-0.25, -0.2) is 9.97 Å². The van der Waals surface area contributed by atoms with E-state index in [1.54, 1.807) is 19.6 Å². The van der Waals surface area contributed by atoms with Gasteiger partial charge < -0.3 is 15.4 Å². The van der Waals surface area contributed by atoms with E-state index < -0.39 is 0 Å². The molecule has 2 aromatic heterocycles. The average molecular weight is 299 g/mol. The summed E-state index contributed by atoms with van der Waals surface area (Å²) >= 11 is 0. The fourth-order valence-corrected chi connectivity index (χ4v) is 2.71. The summed E-state index contributed by atoms with van der Waals surface area (Å²) in [7, 11) is 1.70. The van der Waals surface area contributed by atoms with E-state index in [9.17, 15) is 0 Å². The second-order valence-corrected chi connectivity index (χ2v) is 5.30. The third kappa shape index (κ3) is 3.40. The van der Waals surface area contributed by atoms with Crippen LogP contribution >= 0.6 is 0 Å².